The lowest BCUT2D eigenvalue weighted by Gasteiger charge is -2.14. The van der Waals surface area contributed by atoms with Crippen LogP contribution in [0.3, 0.4) is 0 Å². The van der Waals surface area contributed by atoms with Crippen molar-refractivity contribution in [2.24, 2.45) is 5.92 Å². The Kier molecular flexibility index (Phi) is 6.24. The molecule has 0 bridgehead atoms. The van der Waals surface area contributed by atoms with Crippen molar-refractivity contribution < 1.29 is 9.90 Å². The molecule has 3 heteroatoms. The van der Waals surface area contributed by atoms with Gasteiger partial charge in [0.25, 0.3) is 0 Å². The highest BCUT2D eigenvalue weighted by Crippen LogP contribution is 2.15. The molecule has 0 aliphatic heterocycles. The van der Waals surface area contributed by atoms with Gasteiger partial charge in [-0.2, -0.15) is 0 Å². The van der Waals surface area contributed by atoms with Crippen molar-refractivity contribution in [1.29, 1.82) is 0 Å². The third kappa shape index (κ3) is 5.42. The van der Waals surface area contributed by atoms with E-state index < -0.39 is 5.97 Å². The summed E-state index contributed by atoms with van der Waals surface area (Å²) in [6.45, 7) is 6.50. The Labute approximate surface area is 79.8 Å². The van der Waals surface area contributed by atoms with Gasteiger partial charge >= 0.3 is 5.97 Å². The molecule has 0 aromatic heterocycles. The summed E-state index contributed by atoms with van der Waals surface area (Å²) in [6.07, 6.45) is 2.72. The largest absolute Gasteiger partial charge is 0.478 e. The van der Waals surface area contributed by atoms with Gasteiger partial charge in [-0.05, 0) is 32.4 Å². The maximum absolute atomic E-state index is 10.5. The molecule has 3 nitrogen and oxygen atoms in total. The van der Waals surface area contributed by atoms with E-state index in [9.17, 15) is 4.79 Å². The van der Waals surface area contributed by atoms with Crippen molar-refractivity contribution in [1.82, 2.24) is 5.32 Å². The zero-order valence-electron chi connectivity index (χ0n) is 8.47. The van der Waals surface area contributed by atoms with Gasteiger partial charge in [-0.15, -0.1) is 0 Å². The SMILES string of the molecule is C=C(CC(CCC)CNC)C(=O)O. The van der Waals surface area contributed by atoms with E-state index >= 15 is 0 Å². The number of carbonyl (C=O) groups is 1. The third-order valence-corrected chi connectivity index (χ3v) is 2.03. The summed E-state index contributed by atoms with van der Waals surface area (Å²) in [5.41, 5.74) is 0.314. The van der Waals surface area contributed by atoms with E-state index in [4.69, 9.17) is 5.11 Å². The molecular weight excluding hydrogens is 166 g/mol. The van der Waals surface area contributed by atoms with Gasteiger partial charge in [0.2, 0.25) is 0 Å². The maximum Gasteiger partial charge on any atom is 0.330 e. The molecule has 0 fully saturated rings. The van der Waals surface area contributed by atoms with Crippen LogP contribution < -0.4 is 5.32 Å². The maximum atomic E-state index is 10.5. The summed E-state index contributed by atoms with van der Waals surface area (Å²) in [4.78, 5) is 10.5. The van der Waals surface area contributed by atoms with E-state index in [0.29, 0.717) is 17.9 Å². The number of aliphatic carboxylic acids is 1. The Morgan fingerprint density at radius 1 is 1.62 bits per heavy atom. The highest BCUT2D eigenvalue weighted by atomic mass is 16.4. The molecular formula is C10H19NO2. The molecule has 1 atom stereocenters. The average molecular weight is 185 g/mol. The Bertz CT molecular complexity index is 172. The second-order valence-electron chi connectivity index (χ2n) is 3.33. The van der Waals surface area contributed by atoms with Gasteiger partial charge in [0.1, 0.15) is 0 Å². The number of hydrogen-bond donors (Lipinski definition) is 2. The minimum atomic E-state index is -0.878. The van der Waals surface area contributed by atoms with E-state index in [-0.39, 0.29) is 0 Å². The normalized spacial score (nSPS) is 12.5. The molecule has 0 aliphatic carbocycles. The fourth-order valence-corrected chi connectivity index (χ4v) is 1.41. The van der Waals surface area contributed by atoms with Crippen LogP contribution in [-0.4, -0.2) is 24.7 Å². The zero-order chi connectivity index (χ0) is 10.3. The van der Waals surface area contributed by atoms with Crippen LogP contribution in [0, 0.1) is 5.92 Å². The van der Waals surface area contributed by atoms with Crippen LogP contribution in [0.15, 0.2) is 12.2 Å². The van der Waals surface area contributed by atoms with Gasteiger partial charge in [-0.3, -0.25) is 0 Å². The summed E-state index contributed by atoms with van der Waals surface area (Å²) in [7, 11) is 1.88. The molecule has 0 amide bonds. The quantitative estimate of drug-likeness (QED) is 0.593. The van der Waals surface area contributed by atoms with Crippen molar-refractivity contribution in [3.63, 3.8) is 0 Å². The first-order valence-electron chi connectivity index (χ1n) is 4.67. The molecule has 13 heavy (non-hydrogen) atoms. The van der Waals surface area contributed by atoms with Crippen LogP contribution >= 0.6 is 0 Å². The molecule has 0 saturated carbocycles. The lowest BCUT2D eigenvalue weighted by molar-refractivity contribution is -0.132. The van der Waals surface area contributed by atoms with Gasteiger partial charge in [0.05, 0.1) is 0 Å². The predicted molar refractivity (Wildman–Crippen MR) is 53.7 cm³/mol. The lowest BCUT2D eigenvalue weighted by Crippen LogP contribution is -2.20. The average Bonchev–Trinajstić information content (AvgIpc) is 2.05. The first-order valence-corrected chi connectivity index (χ1v) is 4.67. The smallest absolute Gasteiger partial charge is 0.330 e. The molecule has 0 saturated heterocycles. The number of hydrogen-bond acceptors (Lipinski definition) is 2. The van der Waals surface area contributed by atoms with Crippen LogP contribution in [0.4, 0.5) is 0 Å². The van der Waals surface area contributed by atoms with Crippen LogP contribution in [0.25, 0.3) is 0 Å². The molecule has 0 radical (unpaired) electrons. The molecule has 0 spiro atoms. The van der Waals surface area contributed by atoms with E-state index in [1.807, 2.05) is 7.05 Å². The second kappa shape index (κ2) is 6.66. The first-order chi connectivity index (χ1) is 6.11. The van der Waals surface area contributed by atoms with Crippen LogP contribution in [0.1, 0.15) is 26.2 Å². The fraction of sp³-hybridized carbons (Fsp3) is 0.700. The van der Waals surface area contributed by atoms with E-state index in [2.05, 4.69) is 18.8 Å². The molecule has 0 rings (SSSR count). The number of nitrogens with one attached hydrogen (secondary N) is 1. The molecule has 2 N–H and O–H groups in total. The van der Waals surface area contributed by atoms with Crippen molar-refractivity contribution in [3.05, 3.63) is 12.2 Å². The summed E-state index contributed by atoms with van der Waals surface area (Å²) in [5.74, 6) is -0.476. The number of carboxylic acids is 1. The van der Waals surface area contributed by atoms with Gasteiger partial charge in [-0.25, -0.2) is 4.79 Å². The molecule has 76 valence electrons. The van der Waals surface area contributed by atoms with Crippen LogP contribution in [-0.2, 0) is 4.79 Å². The second-order valence-corrected chi connectivity index (χ2v) is 3.33. The Hall–Kier alpha value is -0.830. The fourth-order valence-electron chi connectivity index (χ4n) is 1.41. The van der Waals surface area contributed by atoms with Gasteiger partial charge in [0, 0.05) is 5.57 Å². The monoisotopic (exact) mass is 185 g/mol. The minimum Gasteiger partial charge on any atom is -0.478 e. The molecule has 0 aromatic carbocycles. The van der Waals surface area contributed by atoms with Crippen molar-refractivity contribution >= 4 is 5.97 Å². The molecule has 0 aromatic rings. The van der Waals surface area contributed by atoms with Crippen LogP contribution in [0.5, 0.6) is 0 Å². The van der Waals surface area contributed by atoms with E-state index in [1.54, 1.807) is 0 Å². The Morgan fingerprint density at radius 3 is 2.62 bits per heavy atom. The van der Waals surface area contributed by atoms with Crippen molar-refractivity contribution in [3.8, 4) is 0 Å². The molecule has 0 aliphatic rings. The third-order valence-electron chi connectivity index (χ3n) is 2.03. The van der Waals surface area contributed by atoms with E-state index in [1.165, 1.54) is 0 Å². The highest BCUT2D eigenvalue weighted by Gasteiger charge is 2.12. The zero-order valence-corrected chi connectivity index (χ0v) is 8.47. The highest BCUT2D eigenvalue weighted by molar-refractivity contribution is 5.85. The number of carboxylic acid groups (broad SMARTS) is 1. The van der Waals surface area contributed by atoms with E-state index in [0.717, 1.165) is 19.4 Å². The van der Waals surface area contributed by atoms with Crippen LogP contribution in [0.2, 0.25) is 0 Å². The topological polar surface area (TPSA) is 49.3 Å². The summed E-state index contributed by atoms with van der Waals surface area (Å²) in [6, 6.07) is 0. The van der Waals surface area contributed by atoms with Gasteiger partial charge in [-0.1, -0.05) is 19.9 Å². The Balaban J connectivity index is 3.93. The Morgan fingerprint density at radius 2 is 2.23 bits per heavy atom. The summed E-state index contributed by atoms with van der Waals surface area (Å²) in [5, 5.41) is 11.7. The molecule has 1 unspecified atom stereocenters. The van der Waals surface area contributed by atoms with Crippen molar-refractivity contribution in [2.75, 3.05) is 13.6 Å². The first kappa shape index (κ1) is 12.2. The molecule has 0 heterocycles. The number of rotatable bonds is 7. The van der Waals surface area contributed by atoms with Gasteiger partial charge < -0.3 is 10.4 Å². The van der Waals surface area contributed by atoms with Gasteiger partial charge in [0.15, 0.2) is 0 Å². The summed E-state index contributed by atoms with van der Waals surface area (Å²) >= 11 is 0. The standard InChI is InChI=1S/C10H19NO2/c1-4-5-9(7-11-3)6-8(2)10(12)13/h9,11H,2,4-7H2,1,3H3,(H,12,13). The predicted octanol–water partition coefficient (Wildman–Crippen LogP) is 1.65. The van der Waals surface area contributed by atoms with Crippen molar-refractivity contribution in [2.45, 2.75) is 26.2 Å². The summed E-state index contributed by atoms with van der Waals surface area (Å²) < 4.78 is 0. The minimum absolute atomic E-state index is 0.314. The lowest BCUT2D eigenvalue weighted by atomic mass is 9.95.